The lowest BCUT2D eigenvalue weighted by Gasteiger charge is -2.03. The van der Waals surface area contributed by atoms with Crippen molar-refractivity contribution < 1.29 is 9.90 Å². The van der Waals surface area contributed by atoms with Gasteiger partial charge in [0.05, 0.1) is 12.2 Å². The average molecular weight is 232 g/mol. The van der Waals surface area contributed by atoms with E-state index in [1.54, 1.807) is 0 Å². The molecule has 0 atom stereocenters. The number of carbonyl (C=O) groups is 1. The molecule has 0 fully saturated rings. The molecule has 1 heterocycles. The van der Waals surface area contributed by atoms with Crippen LogP contribution in [0, 0.1) is 6.92 Å². The van der Waals surface area contributed by atoms with E-state index in [9.17, 15) is 4.79 Å². The van der Waals surface area contributed by atoms with Crippen molar-refractivity contribution in [1.29, 1.82) is 0 Å². The second-order valence-corrected chi connectivity index (χ2v) is 4.02. The van der Waals surface area contributed by atoms with E-state index in [1.165, 1.54) is 0 Å². The fraction of sp³-hybridized carbons (Fsp3) is 0.308. The minimum Gasteiger partial charge on any atom is -0.395 e. The Morgan fingerprint density at radius 3 is 2.82 bits per heavy atom. The van der Waals surface area contributed by atoms with Gasteiger partial charge in [0.15, 0.2) is 0 Å². The summed E-state index contributed by atoms with van der Waals surface area (Å²) in [4.78, 5) is 12.0. The standard InChI is InChI=1S/C13H16N2O2/c1-9-12(13(17)14-7-8-16)10-5-3-4-6-11(10)15(9)2/h3-6,16H,7-8H2,1-2H3,(H,14,17). The summed E-state index contributed by atoms with van der Waals surface area (Å²) in [6.07, 6.45) is 0. The highest BCUT2D eigenvalue weighted by molar-refractivity contribution is 6.08. The topological polar surface area (TPSA) is 54.3 Å². The van der Waals surface area contributed by atoms with Crippen LogP contribution in [0.5, 0.6) is 0 Å². The molecular weight excluding hydrogens is 216 g/mol. The maximum absolute atomic E-state index is 12.0. The van der Waals surface area contributed by atoms with Crippen LogP contribution in [0.15, 0.2) is 24.3 Å². The molecule has 0 spiro atoms. The summed E-state index contributed by atoms with van der Waals surface area (Å²) < 4.78 is 2.00. The van der Waals surface area contributed by atoms with Crippen molar-refractivity contribution in [1.82, 2.24) is 9.88 Å². The highest BCUT2D eigenvalue weighted by Crippen LogP contribution is 2.24. The summed E-state index contributed by atoms with van der Waals surface area (Å²) in [5, 5.41) is 12.4. The van der Waals surface area contributed by atoms with Gasteiger partial charge < -0.3 is 15.0 Å². The van der Waals surface area contributed by atoms with Crippen molar-refractivity contribution in [3.8, 4) is 0 Å². The van der Waals surface area contributed by atoms with Gasteiger partial charge in [-0.25, -0.2) is 0 Å². The lowest BCUT2D eigenvalue weighted by atomic mass is 10.1. The molecule has 0 bridgehead atoms. The maximum atomic E-state index is 12.0. The van der Waals surface area contributed by atoms with Crippen LogP contribution in [0.2, 0.25) is 0 Å². The van der Waals surface area contributed by atoms with Crippen LogP contribution in [0.3, 0.4) is 0 Å². The van der Waals surface area contributed by atoms with E-state index >= 15 is 0 Å². The predicted molar refractivity (Wildman–Crippen MR) is 67.1 cm³/mol. The largest absolute Gasteiger partial charge is 0.395 e. The molecular formula is C13H16N2O2. The first-order valence-corrected chi connectivity index (χ1v) is 5.60. The monoisotopic (exact) mass is 232 g/mol. The minimum absolute atomic E-state index is 0.0461. The Kier molecular flexibility index (Phi) is 3.15. The fourth-order valence-corrected chi connectivity index (χ4v) is 2.07. The molecule has 0 aliphatic carbocycles. The molecule has 90 valence electrons. The van der Waals surface area contributed by atoms with Crippen LogP contribution in [0.4, 0.5) is 0 Å². The number of carbonyl (C=O) groups excluding carboxylic acids is 1. The summed E-state index contributed by atoms with van der Waals surface area (Å²) in [6, 6.07) is 7.81. The van der Waals surface area contributed by atoms with Crippen molar-refractivity contribution in [2.45, 2.75) is 6.92 Å². The Morgan fingerprint density at radius 1 is 1.41 bits per heavy atom. The van der Waals surface area contributed by atoms with E-state index in [1.807, 2.05) is 42.8 Å². The van der Waals surface area contributed by atoms with Gasteiger partial charge in [-0.2, -0.15) is 0 Å². The first kappa shape index (κ1) is 11.7. The number of aliphatic hydroxyl groups is 1. The van der Waals surface area contributed by atoms with Gasteiger partial charge in [0, 0.05) is 30.2 Å². The Morgan fingerprint density at radius 2 is 2.12 bits per heavy atom. The lowest BCUT2D eigenvalue weighted by Crippen LogP contribution is -2.26. The van der Waals surface area contributed by atoms with E-state index in [0.717, 1.165) is 16.6 Å². The van der Waals surface area contributed by atoms with Gasteiger partial charge in [-0.3, -0.25) is 4.79 Å². The van der Waals surface area contributed by atoms with Crippen LogP contribution in [-0.2, 0) is 7.05 Å². The number of amides is 1. The third kappa shape index (κ3) is 1.91. The molecule has 4 nitrogen and oxygen atoms in total. The van der Waals surface area contributed by atoms with Gasteiger partial charge in [-0.1, -0.05) is 18.2 Å². The highest BCUT2D eigenvalue weighted by Gasteiger charge is 2.17. The molecule has 0 unspecified atom stereocenters. The third-order valence-electron chi connectivity index (χ3n) is 3.02. The summed E-state index contributed by atoms with van der Waals surface area (Å²) in [6.45, 7) is 2.16. The molecule has 0 saturated carbocycles. The van der Waals surface area contributed by atoms with Gasteiger partial charge in [0.1, 0.15) is 0 Å². The molecule has 2 N–H and O–H groups in total. The first-order chi connectivity index (χ1) is 8.16. The van der Waals surface area contributed by atoms with E-state index < -0.39 is 0 Å². The van der Waals surface area contributed by atoms with E-state index in [2.05, 4.69) is 5.32 Å². The summed E-state index contributed by atoms with van der Waals surface area (Å²) in [7, 11) is 1.94. The SMILES string of the molecule is Cc1c(C(=O)NCCO)c2ccccc2n1C. The lowest BCUT2D eigenvalue weighted by molar-refractivity contribution is 0.0945. The molecule has 1 amide bonds. The molecule has 1 aromatic carbocycles. The number of nitrogens with one attached hydrogen (secondary N) is 1. The minimum atomic E-state index is -0.131. The zero-order valence-corrected chi connectivity index (χ0v) is 10.0. The molecule has 0 saturated heterocycles. The van der Waals surface area contributed by atoms with Crippen molar-refractivity contribution in [3.63, 3.8) is 0 Å². The quantitative estimate of drug-likeness (QED) is 0.835. The average Bonchev–Trinajstić information content (AvgIpc) is 2.60. The molecule has 2 aromatic rings. The van der Waals surface area contributed by atoms with Crippen LogP contribution in [-0.4, -0.2) is 28.7 Å². The molecule has 0 aliphatic heterocycles. The fourth-order valence-electron chi connectivity index (χ4n) is 2.07. The molecule has 17 heavy (non-hydrogen) atoms. The molecule has 4 heteroatoms. The Balaban J connectivity index is 2.53. The number of aliphatic hydroxyl groups excluding tert-OH is 1. The van der Waals surface area contributed by atoms with Gasteiger partial charge in [0.2, 0.25) is 0 Å². The zero-order valence-electron chi connectivity index (χ0n) is 10.0. The predicted octanol–water partition coefficient (Wildman–Crippen LogP) is 1.21. The third-order valence-corrected chi connectivity index (χ3v) is 3.02. The number of fused-ring (bicyclic) bond motifs is 1. The van der Waals surface area contributed by atoms with E-state index in [0.29, 0.717) is 5.56 Å². The first-order valence-electron chi connectivity index (χ1n) is 5.60. The van der Waals surface area contributed by atoms with Crippen molar-refractivity contribution >= 4 is 16.8 Å². The Labute approximate surface area is 99.9 Å². The van der Waals surface area contributed by atoms with Crippen LogP contribution in [0.1, 0.15) is 16.1 Å². The van der Waals surface area contributed by atoms with Gasteiger partial charge in [-0.05, 0) is 13.0 Å². The van der Waals surface area contributed by atoms with E-state index in [-0.39, 0.29) is 19.1 Å². The van der Waals surface area contributed by atoms with Crippen molar-refractivity contribution in [2.24, 2.45) is 7.05 Å². The number of nitrogens with zero attached hydrogens (tertiary/aromatic N) is 1. The summed E-state index contributed by atoms with van der Waals surface area (Å²) in [5.41, 5.74) is 2.66. The number of hydrogen-bond acceptors (Lipinski definition) is 2. The second kappa shape index (κ2) is 4.59. The van der Waals surface area contributed by atoms with E-state index in [4.69, 9.17) is 5.11 Å². The second-order valence-electron chi connectivity index (χ2n) is 4.02. The van der Waals surface area contributed by atoms with Gasteiger partial charge in [-0.15, -0.1) is 0 Å². The normalized spacial score (nSPS) is 10.8. The number of hydrogen-bond donors (Lipinski definition) is 2. The van der Waals surface area contributed by atoms with Crippen LogP contribution in [0.25, 0.3) is 10.9 Å². The van der Waals surface area contributed by atoms with Gasteiger partial charge in [0.25, 0.3) is 5.91 Å². The summed E-state index contributed by atoms with van der Waals surface area (Å²) in [5.74, 6) is -0.131. The van der Waals surface area contributed by atoms with Crippen LogP contribution < -0.4 is 5.32 Å². The number of benzene rings is 1. The number of aryl methyl sites for hydroxylation is 1. The molecule has 0 aliphatic rings. The number of para-hydroxylation sites is 1. The smallest absolute Gasteiger partial charge is 0.253 e. The molecule has 2 rings (SSSR count). The Hall–Kier alpha value is -1.81. The highest BCUT2D eigenvalue weighted by atomic mass is 16.3. The maximum Gasteiger partial charge on any atom is 0.253 e. The Bertz CT molecular complexity index is 558. The number of aromatic nitrogens is 1. The molecule has 0 radical (unpaired) electrons. The zero-order chi connectivity index (χ0) is 12.4. The molecule has 1 aromatic heterocycles. The van der Waals surface area contributed by atoms with Gasteiger partial charge >= 0.3 is 0 Å². The number of rotatable bonds is 3. The summed E-state index contributed by atoms with van der Waals surface area (Å²) >= 11 is 0. The van der Waals surface area contributed by atoms with Crippen molar-refractivity contribution in [3.05, 3.63) is 35.5 Å². The van der Waals surface area contributed by atoms with Crippen molar-refractivity contribution in [2.75, 3.05) is 13.2 Å². The van der Waals surface area contributed by atoms with Crippen LogP contribution >= 0.6 is 0 Å².